The lowest BCUT2D eigenvalue weighted by molar-refractivity contribution is 0.537. The minimum atomic E-state index is 0.549. The first-order chi connectivity index (χ1) is 6.15. The Hall–Kier alpha value is -1.07. The summed E-state index contributed by atoms with van der Waals surface area (Å²) in [5.41, 5.74) is 0.885. The van der Waals surface area contributed by atoms with E-state index < -0.39 is 0 Å². The van der Waals surface area contributed by atoms with Crippen LogP contribution in [0.15, 0.2) is 33.8 Å². The van der Waals surface area contributed by atoms with Crippen LogP contribution in [-0.4, -0.2) is 17.9 Å². The Kier molecular flexibility index (Phi) is 3.27. The molecule has 4 nitrogen and oxygen atoms in total. The number of nitrogens with two attached hydrogens (primary N) is 2. The second kappa shape index (κ2) is 4.25. The van der Waals surface area contributed by atoms with Crippen LogP contribution in [-0.2, 0) is 0 Å². The van der Waals surface area contributed by atoms with Gasteiger partial charge in [-0.2, -0.15) is 5.10 Å². The predicted molar refractivity (Wildman–Crippen MR) is 56.8 cm³/mol. The van der Waals surface area contributed by atoms with Crippen LogP contribution < -0.4 is 11.7 Å². The van der Waals surface area contributed by atoms with E-state index in [1.165, 1.54) is 5.01 Å². The van der Waals surface area contributed by atoms with Crippen molar-refractivity contribution in [3.63, 3.8) is 0 Å². The van der Waals surface area contributed by atoms with Gasteiger partial charge in [-0.15, -0.1) is 0 Å². The van der Waals surface area contributed by atoms with Gasteiger partial charge < -0.3 is 5.84 Å². The molecule has 4 N–H and O–H groups in total. The number of hydrazone groups is 1. The van der Waals surface area contributed by atoms with Crippen molar-refractivity contribution in [2.24, 2.45) is 16.8 Å². The fourth-order valence-electron chi connectivity index (χ4n) is 0.968. The molecule has 0 aliphatic heterocycles. The third-order valence-electron chi connectivity index (χ3n) is 1.56. The first-order valence-electron chi connectivity index (χ1n) is 3.67. The lowest BCUT2D eigenvalue weighted by Crippen LogP contribution is -2.34. The van der Waals surface area contributed by atoms with E-state index in [2.05, 4.69) is 21.0 Å². The average molecular weight is 243 g/mol. The van der Waals surface area contributed by atoms with E-state index in [9.17, 15) is 0 Å². The van der Waals surface area contributed by atoms with E-state index in [0.717, 1.165) is 10.0 Å². The fourth-order valence-corrected chi connectivity index (χ4v) is 1.23. The normalized spacial score (nSPS) is 11.5. The van der Waals surface area contributed by atoms with Gasteiger partial charge in [-0.3, -0.25) is 5.01 Å². The molecule has 70 valence electrons. The lowest BCUT2D eigenvalue weighted by Gasteiger charge is -2.13. The summed E-state index contributed by atoms with van der Waals surface area (Å²) < 4.78 is 1.01. The van der Waals surface area contributed by atoms with E-state index in [-0.39, 0.29) is 0 Å². The standard InChI is InChI=1S/C8H11BrN4/c1-13(11)8(12-10)6-2-4-7(9)5-3-6/h2-5H,10-11H2,1H3/b12-8-. The Balaban J connectivity index is 3.00. The maximum atomic E-state index is 5.53. The molecule has 0 spiro atoms. The molecule has 0 atom stereocenters. The molecule has 0 aliphatic rings. The molecular formula is C8H11BrN4. The summed E-state index contributed by atoms with van der Waals surface area (Å²) in [5, 5.41) is 4.97. The Labute approximate surface area is 85.3 Å². The highest BCUT2D eigenvalue weighted by Crippen LogP contribution is 2.11. The molecule has 0 bridgehead atoms. The summed E-state index contributed by atoms with van der Waals surface area (Å²) in [4.78, 5) is 0. The van der Waals surface area contributed by atoms with Crippen LogP contribution in [0.4, 0.5) is 0 Å². The molecule has 13 heavy (non-hydrogen) atoms. The largest absolute Gasteiger partial charge is 0.321 e. The summed E-state index contributed by atoms with van der Waals surface area (Å²) in [7, 11) is 1.69. The molecular weight excluding hydrogens is 232 g/mol. The van der Waals surface area contributed by atoms with Crippen molar-refractivity contribution in [3.05, 3.63) is 34.3 Å². The molecule has 5 heteroatoms. The van der Waals surface area contributed by atoms with Gasteiger partial charge in [-0.05, 0) is 12.1 Å². The summed E-state index contributed by atoms with van der Waals surface area (Å²) in [5.74, 6) is 11.3. The first kappa shape index (κ1) is 10.0. The Bertz CT molecular complexity index is 304. The summed E-state index contributed by atoms with van der Waals surface area (Å²) >= 11 is 3.34. The molecule has 0 amide bonds. The van der Waals surface area contributed by atoms with Crippen LogP contribution in [0, 0.1) is 0 Å². The van der Waals surface area contributed by atoms with Crippen LogP contribution in [0.3, 0.4) is 0 Å². The number of hydrogen-bond acceptors (Lipinski definition) is 3. The number of halogens is 1. The van der Waals surface area contributed by atoms with Gasteiger partial charge in [-0.25, -0.2) is 5.84 Å². The highest BCUT2D eigenvalue weighted by atomic mass is 79.9. The predicted octanol–water partition coefficient (Wildman–Crippen LogP) is 0.875. The fraction of sp³-hybridized carbons (Fsp3) is 0.125. The molecule has 0 unspecified atom stereocenters. The summed E-state index contributed by atoms with van der Waals surface area (Å²) in [6.07, 6.45) is 0. The van der Waals surface area contributed by atoms with Gasteiger partial charge in [0.25, 0.3) is 0 Å². The molecule has 0 saturated carbocycles. The van der Waals surface area contributed by atoms with E-state index in [0.29, 0.717) is 5.84 Å². The maximum Gasteiger partial charge on any atom is 0.169 e. The van der Waals surface area contributed by atoms with Gasteiger partial charge in [0, 0.05) is 17.1 Å². The van der Waals surface area contributed by atoms with Crippen molar-refractivity contribution in [2.45, 2.75) is 0 Å². The Morgan fingerprint density at radius 3 is 2.31 bits per heavy atom. The summed E-state index contributed by atoms with van der Waals surface area (Å²) in [6.45, 7) is 0. The molecule has 1 rings (SSSR count). The van der Waals surface area contributed by atoms with E-state index >= 15 is 0 Å². The smallest absolute Gasteiger partial charge is 0.169 e. The van der Waals surface area contributed by atoms with Crippen molar-refractivity contribution in [2.75, 3.05) is 7.05 Å². The van der Waals surface area contributed by atoms with Gasteiger partial charge in [-0.1, -0.05) is 28.1 Å². The number of hydrazine groups is 1. The maximum absolute atomic E-state index is 5.53. The molecule has 0 radical (unpaired) electrons. The number of nitrogens with zero attached hydrogens (tertiary/aromatic N) is 2. The third kappa shape index (κ3) is 2.43. The van der Waals surface area contributed by atoms with Crippen molar-refractivity contribution in [1.82, 2.24) is 5.01 Å². The van der Waals surface area contributed by atoms with Gasteiger partial charge >= 0.3 is 0 Å². The van der Waals surface area contributed by atoms with Crippen LogP contribution in [0.5, 0.6) is 0 Å². The quantitative estimate of drug-likeness (QED) is 0.333. The Morgan fingerprint density at radius 2 is 1.92 bits per heavy atom. The van der Waals surface area contributed by atoms with Gasteiger partial charge in [0.05, 0.1) is 0 Å². The van der Waals surface area contributed by atoms with E-state index in [4.69, 9.17) is 11.7 Å². The lowest BCUT2D eigenvalue weighted by atomic mass is 10.2. The van der Waals surface area contributed by atoms with Crippen molar-refractivity contribution in [1.29, 1.82) is 0 Å². The van der Waals surface area contributed by atoms with E-state index in [1.54, 1.807) is 7.05 Å². The van der Waals surface area contributed by atoms with Gasteiger partial charge in [0.15, 0.2) is 5.84 Å². The minimum absolute atomic E-state index is 0.549. The van der Waals surface area contributed by atoms with Gasteiger partial charge in [0.2, 0.25) is 0 Å². The van der Waals surface area contributed by atoms with Crippen LogP contribution >= 0.6 is 15.9 Å². The molecule has 0 aliphatic carbocycles. The highest BCUT2D eigenvalue weighted by Gasteiger charge is 2.04. The summed E-state index contributed by atoms with van der Waals surface area (Å²) in [6, 6.07) is 7.59. The second-order valence-electron chi connectivity index (χ2n) is 2.57. The van der Waals surface area contributed by atoms with Crippen molar-refractivity contribution < 1.29 is 0 Å². The SMILES string of the molecule is CN(N)/C(=N\N)c1ccc(Br)cc1. The average Bonchev–Trinajstić information content (AvgIpc) is 2.09. The zero-order valence-electron chi connectivity index (χ0n) is 7.24. The molecule has 0 saturated heterocycles. The molecule has 0 heterocycles. The highest BCUT2D eigenvalue weighted by molar-refractivity contribution is 9.10. The second-order valence-corrected chi connectivity index (χ2v) is 3.49. The number of amidine groups is 1. The van der Waals surface area contributed by atoms with Gasteiger partial charge in [0.1, 0.15) is 0 Å². The number of benzene rings is 1. The minimum Gasteiger partial charge on any atom is -0.321 e. The monoisotopic (exact) mass is 242 g/mol. The molecule has 1 aromatic carbocycles. The zero-order chi connectivity index (χ0) is 9.84. The topological polar surface area (TPSA) is 67.6 Å². The zero-order valence-corrected chi connectivity index (χ0v) is 8.82. The molecule has 1 aromatic rings. The van der Waals surface area contributed by atoms with Crippen LogP contribution in [0.2, 0.25) is 0 Å². The van der Waals surface area contributed by atoms with Crippen molar-refractivity contribution in [3.8, 4) is 0 Å². The Morgan fingerprint density at radius 1 is 1.38 bits per heavy atom. The third-order valence-corrected chi connectivity index (χ3v) is 2.09. The van der Waals surface area contributed by atoms with Crippen LogP contribution in [0.25, 0.3) is 0 Å². The van der Waals surface area contributed by atoms with Crippen molar-refractivity contribution >= 4 is 21.8 Å². The van der Waals surface area contributed by atoms with E-state index in [1.807, 2.05) is 24.3 Å². The molecule has 0 aromatic heterocycles. The van der Waals surface area contributed by atoms with Crippen LogP contribution in [0.1, 0.15) is 5.56 Å². The first-order valence-corrected chi connectivity index (χ1v) is 4.46. The number of hydrogen-bond donors (Lipinski definition) is 2. The number of rotatable bonds is 1. The molecule has 0 fully saturated rings.